The van der Waals surface area contributed by atoms with Crippen LogP contribution in [0.2, 0.25) is 0 Å². The van der Waals surface area contributed by atoms with Crippen LogP contribution < -0.4 is 0 Å². The second kappa shape index (κ2) is 4.98. The molecule has 0 radical (unpaired) electrons. The zero-order valence-electron chi connectivity index (χ0n) is 12.9. The normalized spacial score (nSPS) is 12.4. The highest BCUT2D eigenvalue weighted by molar-refractivity contribution is 7.21. The molecule has 0 atom stereocenters. The van der Waals surface area contributed by atoms with Crippen molar-refractivity contribution in [1.82, 2.24) is 9.97 Å². The fraction of sp³-hybridized carbons (Fsp3) is 0.500. The lowest BCUT2D eigenvalue weighted by atomic mass is 9.91. The molecule has 2 rings (SSSR count). The minimum atomic E-state index is -0.0411. The molecule has 2 aromatic rings. The van der Waals surface area contributed by atoms with E-state index in [0.717, 1.165) is 26.3 Å². The Balaban J connectivity index is 2.47. The molecule has 0 spiro atoms. The van der Waals surface area contributed by atoms with Crippen molar-refractivity contribution >= 4 is 22.7 Å². The SMILES string of the molecule is C#Cc1sc(-c2nc(C(C)(C)C)cs2)nc1C(C)(C)C. The van der Waals surface area contributed by atoms with Gasteiger partial charge in [-0.3, -0.25) is 0 Å². The fourth-order valence-corrected chi connectivity index (χ4v) is 3.90. The van der Waals surface area contributed by atoms with Crippen LogP contribution in [0.3, 0.4) is 0 Å². The highest BCUT2D eigenvalue weighted by Gasteiger charge is 2.25. The van der Waals surface area contributed by atoms with Crippen LogP contribution in [0.4, 0.5) is 0 Å². The van der Waals surface area contributed by atoms with E-state index < -0.39 is 0 Å². The van der Waals surface area contributed by atoms with Gasteiger partial charge in [0.05, 0.1) is 11.4 Å². The van der Waals surface area contributed by atoms with E-state index in [1.807, 2.05) is 0 Å². The van der Waals surface area contributed by atoms with Crippen LogP contribution in [0, 0.1) is 12.3 Å². The molecule has 2 heterocycles. The third kappa shape index (κ3) is 2.94. The summed E-state index contributed by atoms with van der Waals surface area (Å²) in [5, 5.41) is 4.01. The summed E-state index contributed by atoms with van der Waals surface area (Å²) in [5.74, 6) is 2.76. The molecule has 106 valence electrons. The van der Waals surface area contributed by atoms with Gasteiger partial charge < -0.3 is 0 Å². The summed E-state index contributed by atoms with van der Waals surface area (Å²) in [5.41, 5.74) is 2.12. The highest BCUT2D eigenvalue weighted by atomic mass is 32.1. The maximum atomic E-state index is 5.62. The second-order valence-corrected chi connectivity index (χ2v) is 8.74. The molecule has 20 heavy (non-hydrogen) atoms. The molecule has 0 saturated carbocycles. The summed E-state index contributed by atoms with van der Waals surface area (Å²) in [7, 11) is 0. The van der Waals surface area contributed by atoms with Gasteiger partial charge in [0.1, 0.15) is 4.88 Å². The van der Waals surface area contributed by atoms with Crippen LogP contribution in [0.25, 0.3) is 10.0 Å². The van der Waals surface area contributed by atoms with Gasteiger partial charge in [0.15, 0.2) is 10.0 Å². The van der Waals surface area contributed by atoms with Crippen LogP contribution in [-0.2, 0) is 10.8 Å². The number of rotatable bonds is 1. The first kappa shape index (κ1) is 15.2. The van der Waals surface area contributed by atoms with Crippen molar-refractivity contribution < 1.29 is 0 Å². The number of terminal acetylenes is 1. The summed E-state index contributed by atoms with van der Waals surface area (Å²) >= 11 is 3.21. The lowest BCUT2D eigenvalue weighted by molar-refractivity contribution is 0.570. The van der Waals surface area contributed by atoms with Gasteiger partial charge in [-0.25, -0.2) is 9.97 Å². The van der Waals surface area contributed by atoms with Gasteiger partial charge in [-0.1, -0.05) is 47.5 Å². The Labute approximate surface area is 129 Å². The van der Waals surface area contributed by atoms with Crippen LogP contribution in [0.5, 0.6) is 0 Å². The molecule has 0 aromatic carbocycles. The standard InChI is InChI=1S/C16H20N2S2/c1-8-10-12(16(5,6)7)18-14(20-10)13-17-11(9-19-13)15(2,3)4/h1,9H,2-7H3. The van der Waals surface area contributed by atoms with Crippen molar-refractivity contribution in [2.24, 2.45) is 0 Å². The molecular formula is C16H20N2S2. The van der Waals surface area contributed by atoms with Crippen LogP contribution in [-0.4, -0.2) is 9.97 Å². The molecule has 0 aliphatic heterocycles. The first-order chi connectivity index (χ1) is 9.13. The minimum absolute atomic E-state index is 0.0411. The van der Waals surface area contributed by atoms with E-state index in [9.17, 15) is 0 Å². The predicted octanol–water partition coefficient (Wildman–Crippen LogP) is 4.84. The van der Waals surface area contributed by atoms with E-state index >= 15 is 0 Å². The quantitative estimate of drug-likeness (QED) is 0.704. The molecule has 2 aromatic heterocycles. The number of thiazole rings is 2. The fourth-order valence-electron chi connectivity index (χ4n) is 1.73. The van der Waals surface area contributed by atoms with Gasteiger partial charge in [0.25, 0.3) is 0 Å². The van der Waals surface area contributed by atoms with Crippen molar-refractivity contribution in [3.05, 3.63) is 21.6 Å². The first-order valence-corrected chi connectivity index (χ1v) is 8.27. The van der Waals surface area contributed by atoms with Gasteiger partial charge >= 0.3 is 0 Å². The maximum Gasteiger partial charge on any atom is 0.153 e. The molecule has 0 amide bonds. The van der Waals surface area contributed by atoms with E-state index in [0.29, 0.717) is 0 Å². The molecule has 2 nitrogen and oxygen atoms in total. The molecule has 0 unspecified atom stereocenters. The Kier molecular flexibility index (Phi) is 3.79. The third-order valence-corrected chi connectivity index (χ3v) is 4.90. The summed E-state index contributed by atoms with van der Waals surface area (Å²) < 4.78 is 0. The Hall–Kier alpha value is -1.18. The van der Waals surface area contributed by atoms with Crippen LogP contribution >= 0.6 is 22.7 Å². The van der Waals surface area contributed by atoms with Crippen molar-refractivity contribution in [3.63, 3.8) is 0 Å². The van der Waals surface area contributed by atoms with Crippen molar-refractivity contribution in [1.29, 1.82) is 0 Å². The second-order valence-electron chi connectivity index (χ2n) is 6.88. The number of aromatic nitrogens is 2. The van der Waals surface area contributed by atoms with Gasteiger partial charge in [0.2, 0.25) is 0 Å². The number of nitrogens with zero attached hydrogens (tertiary/aromatic N) is 2. The molecule has 0 N–H and O–H groups in total. The molecular weight excluding hydrogens is 284 g/mol. The van der Waals surface area contributed by atoms with Crippen molar-refractivity contribution in [2.45, 2.75) is 52.4 Å². The average molecular weight is 304 g/mol. The third-order valence-electron chi connectivity index (χ3n) is 2.92. The molecule has 0 fully saturated rings. The summed E-state index contributed by atoms with van der Waals surface area (Å²) in [6.07, 6.45) is 5.62. The largest absolute Gasteiger partial charge is 0.238 e. The Morgan fingerprint density at radius 1 is 1.00 bits per heavy atom. The molecule has 0 aliphatic carbocycles. The monoisotopic (exact) mass is 304 g/mol. The van der Waals surface area contributed by atoms with E-state index in [-0.39, 0.29) is 10.8 Å². The van der Waals surface area contributed by atoms with E-state index in [2.05, 4.69) is 52.8 Å². The summed E-state index contributed by atoms with van der Waals surface area (Å²) in [6.45, 7) is 12.9. The molecule has 0 saturated heterocycles. The van der Waals surface area contributed by atoms with Gasteiger partial charge in [0, 0.05) is 16.2 Å². The predicted molar refractivity (Wildman–Crippen MR) is 88.6 cm³/mol. The molecule has 4 heteroatoms. The van der Waals surface area contributed by atoms with E-state index in [1.165, 1.54) is 0 Å². The Morgan fingerprint density at radius 3 is 2.05 bits per heavy atom. The van der Waals surface area contributed by atoms with Crippen LogP contribution in [0.15, 0.2) is 5.38 Å². The van der Waals surface area contributed by atoms with Crippen molar-refractivity contribution in [2.75, 3.05) is 0 Å². The molecule has 0 aliphatic rings. The van der Waals surface area contributed by atoms with Crippen LogP contribution in [0.1, 0.15) is 57.8 Å². The smallest absolute Gasteiger partial charge is 0.153 e. The zero-order chi connectivity index (χ0) is 15.1. The topological polar surface area (TPSA) is 25.8 Å². The minimum Gasteiger partial charge on any atom is -0.238 e. The Morgan fingerprint density at radius 2 is 1.65 bits per heavy atom. The Bertz CT molecular complexity index is 658. The number of hydrogen-bond acceptors (Lipinski definition) is 4. The summed E-state index contributed by atoms with van der Waals surface area (Å²) in [6, 6.07) is 0. The van der Waals surface area contributed by atoms with E-state index in [1.54, 1.807) is 22.7 Å². The lowest BCUT2D eigenvalue weighted by Crippen LogP contribution is -2.13. The van der Waals surface area contributed by atoms with E-state index in [4.69, 9.17) is 16.4 Å². The maximum absolute atomic E-state index is 5.62. The van der Waals surface area contributed by atoms with Gasteiger partial charge in [-0.05, 0) is 0 Å². The number of hydrogen-bond donors (Lipinski definition) is 0. The van der Waals surface area contributed by atoms with Gasteiger partial charge in [-0.15, -0.1) is 29.1 Å². The zero-order valence-corrected chi connectivity index (χ0v) is 14.5. The van der Waals surface area contributed by atoms with Crippen molar-refractivity contribution in [3.8, 4) is 22.4 Å². The average Bonchev–Trinajstić information content (AvgIpc) is 2.93. The lowest BCUT2D eigenvalue weighted by Gasteiger charge is -2.15. The highest BCUT2D eigenvalue weighted by Crippen LogP contribution is 2.36. The van der Waals surface area contributed by atoms with Gasteiger partial charge in [-0.2, -0.15) is 0 Å². The molecule has 0 bridgehead atoms. The summed E-state index contributed by atoms with van der Waals surface area (Å²) in [4.78, 5) is 10.4. The first-order valence-electron chi connectivity index (χ1n) is 6.57.